The molecule has 5 heteroatoms. The average Bonchev–Trinajstić information content (AvgIpc) is 2.63. The number of ether oxygens (including phenoxy) is 1. The van der Waals surface area contributed by atoms with E-state index in [2.05, 4.69) is 10.5 Å². The first-order valence-corrected chi connectivity index (χ1v) is 7.38. The number of phenols is 1. The van der Waals surface area contributed by atoms with Crippen LogP contribution in [-0.4, -0.2) is 24.3 Å². The van der Waals surface area contributed by atoms with Crippen LogP contribution in [0.5, 0.6) is 11.5 Å². The number of benzene rings is 3. The molecule has 2 N–H and O–H groups in total. The maximum atomic E-state index is 12.2. The molecule has 0 spiro atoms. The summed E-state index contributed by atoms with van der Waals surface area (Å²) in [6.07, 6.45) is 1.44. The fourth-order valence-electron chi connectivity index (χ4n) is 2.47. The Morgan fingerprint density at radius 3 is 2.67 bits per heavy atom. The van der Waals surface area contributed by atoms with E-state index in [1.165, 1.54) is 13.3 Å². The van der Waals surface area contributed by atoms with Crippen LogP contribution in [0.1, 0.15) is 15.9 Å². The summed E-state index contributed by atoms with van der Waals surface area (Å²) < 4.78 is 5.16. The highest BCUT2D eigenvalue weighted by molar-refractivity contribution is 6.03. The fourth-order valence-corrected chi connectivity index (χ4v) is 2.47. The van der Waals surface area contributed by atoms with Gasteiger partial charge in [-0.25, -0.2) is 5.43 Å². The molecule has 0 saturated heterocycles. The predicted octanol–water partition coefficient (Wildman–Crippen LogP) is 3.32. The Morgan fingerprint density at radius 1 is 1.08 bits per heavy atom. The molecule has 0 aromatic heterocycles. The number of nitrogens with one attached hydrogen (secondary N) is 1. The lowest BCUT2D eigenvalue weighted by molar-refractivity contribution is 0.0952. The number of hydrogen-bond donors (Lipinski definition) is 2. The van der Waals surface area contributed by atoms with Crippen LogP contribution in [0.2, 0.25) is 0 Å². The number of amides is 1. The topological polar surface area (TPSA) is 70.9 Å². The summed E-state index contributed by atoms with van der Waals surface area (Å²) in [5.74, 6) is 0.186. The SMILES string of the molecule is COc1ccccc1C(=O)N/N=C\c1c(O)ccc2ccccc12. The molecule has 3 aromatic carbocycles. The first-order valence-electron chi connectivity index (χ1n) is 7.38. The minimum atomic E-state index is -0.386. The summed E-state index contributed by atoms with van der Waals surface area (Å²) in [6.45, 7) is 0. The lowest BCUT2D eigenvalue weighted by Gasteiger charge is -2.07. The van der Waals surface area contributed by atoms with Crippen molar-refractivity contribution in [1.29, 1.82) is 0 Å². The highest BCUT2D eigenvalue weighted by Crippen LogP contribution is 2.25. The molecule has 0 bridgehead atoms. The molecule has 0 heterocycles. The maximum Gasteiger partial charge on any atom is 0.275 e. The van der Waals surface area contributed by atoms with Crippen molar-refractivity contribution in [2.45, 2.75) is 0 Å². The van der Waals surface area contributed by atoms with Gasteiger partial charge in [-0.1, -0.05) is 42.5 Å². The van der Waals surface area contributed by atoms with Crippen LogP contribution in [0.4, 0.5) is 0 Å². The van der Waals surface area contributed by atoms with E-state index in [1.54, 1.807) is 30.3 Å². The smallest absolute Gasteiger partial charge is 0.275 e. The third kappa shape index (κ3) is 3.05. The summed E-state index contributed by atoms with van der Waals surface area (Å²) in [4.78, 5) is 12.2. The summed E-state index contributed by atoms with van der Waals surface area (Å²) in [6, 6.07) is 18.0. The molecule has 0 saturated carbocycles. The van der Waals surface area contributed by atoms with Crippen molar-refractivity contribution in [1.82, 2.24) is 5.43 Å². The molecular weight excluding hydrogens is 304 g/mol. The number of para-hydroxylation sites is 1. The number of carbonyl (C=O) groups is 1. The van der Waals surface area contributed by atoms with Crippen molar-refractivity contribution in [2.75, 3.05) is 7.11 Å². The second kappa shape index (κ2) is 6.83. The Labute approximate surface area is 139 Å². The second-order valence-corrected chi connectivity index (χ2v) is 5.12. The third-order valence-electron chi connectivity index (χ3n) is 3.66. The van der Waals surface area contributed by atoms with Crippen LogP contribution in [-0.2, 0) is 0 Å². The van der Waals surface area contributed by atoms with Gasteiger partial charge in [0.25, 0.3) is 5.91 Å². The Morgan fingerprint density at radius 2 is 1.83 bits per heavy atom. The van der Waals surface area contributed by atoms with E-state index >= 15 is 0 Å². The van der Waals surface area contributed by atoms with Crippen molar-refractivity contribution < 1.29 is 14.6 Å². The van der Waals surface area contributed by atoms with Crippen LogP contribution in [0.25, 0.3) is 10.8 Å². The monoisotopic (exact) mass is 320 g/mol. The Kier molecular flexibility index (Phi) is 4.43. The van der Waals surface area contributed by atoms with Crippen LogP contribution < -0.4 is 10.2 Å². The van der Waals surface area contributed by atoms with Gasteiger partial charge in [0.15, 0.2) is 0 Å². The van der Waals surface area contributed by atoms with Crippen molar-refractivity contribution in [3.05, 3.63) is 71.8 Å². The largest absolute Gasteiger partial charge is 0.507 e. The molecule has 0 aliphatic rings. The quantitative estimate of drug-likeness (QED) is 0.572. The average molecular weight is 320 g/mol. The van der Waals surface area contributed by atoms with Crippen LogP contribution in [0, 0.1) is 0 Å². The van der Waals surface area contributed by atoms with Crippen LogP contribution >= 0.6 is 0 Å². The lowest BCUT2D eigenvalue weighted by Crippen LogP contribution is -2.18. The maximum absolute atomic E-state index is 12.2. The molecule has 3 rings (SSSR count). The van der Waals surface area contributed by atoms with Gasteiger partial charge in [0.1, 0.15) is 11.5 Å². The van der Waals surface area contributed by atoms with Gasteiger partial charge in [0.05, 0.1) is 18.9 Å². The minimum Gasteiger partial charge on any atom is -0.507 e. The number of carbonyl (C=O) groups excluding carboxylic acids is 1. The molecule has 3 aromatic rings. The highest BCUT2D eigenvalue weighted by Gasteiger charge is 2.10. The van der Waals surface area contributed by atoms with Crippen LogP contribution in [0.3, 0.4) is 0 Å². The van der Waals surface area contributed by atoms with Gasteiger partial charge in [-0.05, 0) is 29.0 Å². The van der Waals surface area contributed by atoms with E-state index in [0.29, 0.717) is 16.9 Å². The Hall–Kier alpha value is -3.34. The molecule has 1 amide bonds. The Balaban J connectivity index is 1.85. The fraction of sp³-hybridized carbons (Fsp3) is 0.0526. The van der Waals surface area contributed by atoms with E-state index in [-0.39, 0.29) is 11.7 Å². The highest BCUT2D eigenvalue weighted by atomic mass is 16.5. The van der Waals surface area contributed by atoms with Gasteiger partial charge in [-0.15, -0.1) is 0 Å². The Bertz CT molecular complexity index is 919. The van der Waals surface area contributed by atoms with Crippen molar-refractivity contribution in [3.63, 3.8) is 0 Å². The predicted molar refractivity (Wildman–Crippen MR) is 93.7 cm³/mol. The molecule has 0 fully saturated rings. The second-order valence-electron chi connectivity index (χ2n) is 5.12. The van der Waals surface area contributed by atoms with Crippen molar-refractivity contribution in [3.8, 4) is 11.5 Å². The van der Waals surface area contributed by atoms with Gasteiger partial charge in [0, 0.05) is 5.56 Å². The summed E-state index contributed by atoms with van der Waals surface area (Å²) >= 11 is 0. The van der Waals surface area contributed by atoms with E-state index in [4.69, 9.17) is 4.74 Å². The molecule has 0 atom stereocenters. The lowest BCUT2D eigenvalue weighted by atomic mass is 10.0. The van der Waals surface area contributed by atoms with Gasteiger partial charge in [-0.3, -0.25) is 4.79 Å². The van der Waals surface area contributed by atoms with Gasteiger partial charge < -0.3 is 9.84 Å². The van der Waals surface area contributed by atoms with E-state index in [1.807, 2.05) is 30.3 Å². The standard InChI is InChI=1S/C19H16N2O3/c1-24-18-9-5-4-8-15(18)19(23)21-20-12-16-14-7-3-2-6-13(14)10-11-17(16)22/h2-12,22H,1H3,(H,21,23)/b20-12-. The summed E-state index contributed by atoms with van der Waals surface area (Å²) in [7, 11) is 1.50. The molecular formula is C19H16N2O3. The minimum absolute atomic E-state index is 0.101. The number of hydrogen-bond acceptors (Lipinski definition) is 4. The number of aromatic hydroxyl groups is 1. The number of hydrazone groups is 1. The first-order chi connectivity index (χ1) is 11.7. The molecule has 0 radical (unpaired) electrons. The van der Waals surface area contributed by atoms with Gasteiger partial charge >= 0.3 is 0 Å². The zero-order valence-electron chi connectivity index (χ0n) is 13.1. The van der Waals surface area contributed by atoms with E-state index in [0.717, 1.165) is 10.8 Å². The molecule has 120 valence electrons. The number of fused-ring (bicyclic) bond motifs is 1. The molecule has 0 aliphatic carbocycles. The molecule has 0 aliphatic heterocycles. The number of methoxy groups -OCH3 is 1. The van der Waals surface area contributed by atoms with Crippen molar-refractivity contribution >= 4 is 22.9 Å². The van der Waals surface area contributed by atoms with Gasteiger partial charge in [-0.2, -0.15) is 5.10 Å². The first kappa shape index (κ1) is 15.6. The molecule has 0 unspecified atom stereocenters. The van der Waals surface area contributed by atoms with Gasteiger partial charge in [0.2, 0.25) is 0 Å². The third-order valence-corrected chi connectivity index (χ3v) is 3.66. The number of nitrogens with zero attached hydrogens (tertiary/aromatic N) is 1. The zero-order valence-corrected chi connectivity index (χ0v) is 13.1. The van der Waals surface area contributed by atoms with Crippen LogP contribution in [0.15, 0.2) is 65.8 Å². The van der Waals surface area contributed by atoms with E-state index < -0.39 is 0 Å². The molecule has 5 nitrogen and oxygen atoms in total. The summed E-state index contributed by atoms with van der Waals surface area (Å²) in [5, 5.41) is 15.8. The van der Waals surface area contributed by atoms with Crippen molar-refractivity contribution in [2.24, 2.45) is 5.10 Å². The zero-order chi connectivity index (χ0) is 16.9. The number of phenolic OH excluding ortho intramolecular Hbond substituents is 1. The molecule has 24 heavy (non-hydrogen) atoms. The van der Waals surface area contributed by atoms with E-state index in [9.17, 15) is 9.90 Å². The normalized spacial score (nSPS) is 10.9. The summed E-state index contributed by atoms with van der Waals surface area (Å²) in [5.41, 5.74) is 3.39. The number of rotatable bonds is 4.